The third-order valence-electron chi connectivity index (χ3n) is 2.97. The second-order valence-corrected chi connectivity index (χ2v) is 5.27. The van der Waals surface area contributed by atoms with Crippen LogP contribution in [0.1, 0.15) is 15.9 Å². The lowest BCUT2D eigenvalue weighted by Gasteiger charge is -2.22. The molecule has 1 atom stereocenters. The zero-order chi connectivity index (χ0) is 14.7. The van der Waals surface area contributed by atoms with Gasteiger partial charge in [-0.1, -0.05) is 15.9 Å². The van der Waals surface area contributed by atoms with Gasteiger partial charge in [-0.15, -0.1) is 0 Å². The average molecular weight is 344 g/mol. The van der Waals surface area contributed by atoms with Gasteiger partial charge in [0, 0.05) is 10.2 Å². The van der Waals surface area contributed by atoms with Gasteiger partial charge < -0.3 is 19.9 Å². The quantitative estimate of drug-likeness (QED) is 0.874. The number of amides is 1. The zero-order valence-electron chi connectivity index (χ0n) is 10.8. The second kappa shape index (κ2) is 6.34. The molecular weight excluding hydrogens is 330 g/mol. The van der Waals surface area contributed by atoms with Gasteiger partial charge in [0.15, 0.2) is 6.10 Å². The summed E-state index contributed by atoms with van der Waals surface area (Å²) in [5.41, 5.74) is 1.07. The molecule has 1 aromatic rings. The fourth-order valence-corrected chi connectivity index (χ4v) is 2.34. The van der Waals surface area contributed by atoms with Crippen molar-refractivity contribution in [2.24, 2.45) is 0 Å². The molecule has 2 N–H and O–H groups in total. The number of nitrogens with one attached hydrogen (secondary N) is 1. The topological polar surface area (TPSA) is 84.9 Å². The number of carbonyl (C=O) groups is 2. The summed E-state index contributed by atoms with van der Waals surface area (Å²) in [6, 6.07) is 3.15. The molecule has 0 saturated carbocycles. The summed E-state index contributed by atoms with van der Waals surface area (Å²) in [7, 11) is 0. The van der Waals surface area contributed by atoms with Crippen LogP contribution < -0.4 is 5.32 Å². The maximum absolute atomic E-state index is 12.0. The number of hydrogen-bond acceptors (Lipinski definition) is 4. The maximum atomic E-state index is 12.0. The summed E-state index contributed by atoms with van der Waals surface area (Å²) in [4.78, 5) is 23.2. The predicted molar refractivity (Wildman–Crippen MR) is 75.0 cm³/mol. The van der Waals surface area contributed by atoms with Crippen LogP contribution in [-0.4, -0.2) is 42.9 Å². The van der Waals surface area contributed by atoms with E-state index in [0.717, 1.165) is 0 Å². The molecule has 0 aliphatic carbocycles. The average Bonchev–Trinajstić information content (AvgIpc) is 2.43. The van der Waals surface area contributed by atoms with Crippen molar-refractivity contribution in [3.05, 3.63) is 27.7 Å². The number of anilines is 1. The van der Waals surface area contributed by atoms with Crippen molar-refractivity contribution in [2.45, 2.75) is 13.0 Å². The Morgan fingerprint density at radius 2 is 2.15 bits per heavy atom. The normalized spacial score (nSPS) is 18.6. The summed E-state index contributed by atoms with van der Waals surface area (Å²) in [5.74, 6) is -1.39. The first-order valence-corrected chi connectivity index (χ1v) is 6.82. The first kappa shape index (κ1) is 15.0. The van der Waals surface area contributed by atoms with E-state index in [2.05, 4.69) is 21.2 Å². The highest BCUT2D eigenvalue weighted by atomic mass is 79.9. The highest BCUT2D eigenvalue weighted by Crippen LogP contribution is 2.25. The first-order chi connectivity index (χ1) is 9.49. The molecule has 1 aliphatic rings. The van der Waals surface area contributed by atoms with Crippen molar-refractivity contribution in [2.75, 3.05) is 25.1 Å². The molecule has 108 valence electrons. The third kappa shape index (κ3) is 3.36. The third-order valence-corrected chi connectivity index (χ3v) is 3.43. The number of hydrogen-bond donors (Lipinski definition) is 2. The Morgan fingerprint density at radius 1 is 1.40 bits per heavy atom. The van der Waals surface area contributed by atoms with Crippen molar-refractivity contribution in [1.82, 2.24) is 0 Å². The Balaban J connectivity index is 2.20. The fraction of sp³-hybridized carbons (Fsp3) is 0.385. The molecule has 2 rings (SSSR count). The van der Waals surface area contributed by atoms with E-state index >= 15 is 0 Å². The highest BCUT2D eigenvalue weighted by Gasteiger charge is 2.24. The molecule has 1 heterocycles. The number of aromatic carboxylic acids is 1. The molecule has 1 amide bonds. The minimum atomic E-state index is -1.04. The Hall–Kier alpha value is -1.44. The summed E-state index contributed by atoms with van der Waals surface area (Å²) in [5, 5.41) is 11.8. The molecule has 0 spiro atoms. The van der Waals surface area contributed by atoms with E-state index in [9.17, 15) is 9.59 Å². The van der Waals surface area contributed by atoms with E-state index in [0.29, 0.717) is 28.9 Å². The van der Waals surface area contributed by atoms with Crippen LogP contribution in [0, 0.1) is 6.92 Å². The summed E-state index contributed by atoms with van der Waals surface area (Å²) in [6.45, 7) is 2.69. The van der Waals surface area contributed by atoms with Gasteiger partial charge in [0.05, 0.1) is 25.4 Å². The van der Waals surface area contributed by atoms with Gasteiger partial charge in [-0.25, -0.2) is 4.79 Å². The number of carboxylic acid groups (broad SMARTS) is 1. The monoisotopic (exact) mass is 343 g/mol. The summed E-state index contributed by atoms with van der Waals surface area (Å²) < 4.78 is 11.0. The molecule has 0 radical (unpaired) electrons. The van der Waals surface area contributed by atoms with Crippen molar-refractivity contribution in [3.63, 3.8) is 0 Å². The Kier molecular flexibility index (Phi) is 4.74. The molecule has 1 fully saturated rings. The van der Waals surface area contributed by atoms with Crippen LogP contribution in [0.5, 0.6) is 0 Å². The Morgan fingerprint density at radius 3 is 2.75 bits per heavy atom. The van der Waals surface area contributed by atoms with E-state index in [1.165, 1.54) is 6.07 Å². The van der Waals surface area contributed by atoms with E-state index in [4.69, 9.17) is 14.6 Å². The number of carbonyl (C=O) groups excluding carboxylic acids is 1. The van der Waals surface area contributed by atoms with Gasteiger partial charge in [-0.05, 0) is 24.6 Å². The summed E-state index contributed by atoms with van der Waals surface area (Å²) >= 11 is 3.23. The molecule has 1 saturated heterocycles. The van der Waals surface area contributed by atoms with E-state index in [1.54, 1.807) is 13.0 Å². The second-order valence-electron chi connectivity index (χ2n) is 4.35. The first-order valence-electron chi connectivity index (χ1n) is 6.02. The van der Waals surface area contributed by atoms with E-state index in [-0.39, 0.29) is 18.1 Å². The number of halogens is 1. The number of ether oxygens (including phenoxy) is 2. The predicted octanol–water partition coefficient (Wildman–Crippen LogP) is 1.81. The lowest BCUT2D eigenvalue weighted by Crippen LogP contribution is -2.39. The van der Waals surface area contributed by atoms with Gasteiger partial charge in [-0.3, -0.25) is 4.79 Å². The van der Waals surface area contributed by atoms with E-state index in [1.807, 2.05) is 0 Å². The van der Waals surface area contributed by atoms with Crippen LogP contribution in [0.25, 0.3) is 0 Å². The largest absolute Gasteiger partial charge is 0.478 e. The van der Waals surface area contributed by atoms with Crippen molar-refractivity contribution in [1.29, 1.82) is 0 Å². The lowest BCUT2D eigenvalue weighted by molar-refractivity contribution is -0.142. The van der Waals surface area contributed by atoms with Crippen LogP contribution in [0.4, 0.5) is 5.69 Å². The summed E-state index contributed by atoms with van der Waals surface area (Å²) in [6.07, 6.45) is -0.671. The van der Waals surface area contributed by atoms with Crippen LogP contribution >= 0.6 is 15.9 Å². The molecule has 7 heteroatoms. The fourth-order valence-electron chi connectivity index (χ4n) is 1.88. The number of rotatable bonds is 3. The van der Waals surface area contributed by atoms with E-state index < -0.39 is 12.1 Å². The molecule has 1 aliphatic heterocycles. The van der Waals surface area contributed by atoms with Crippen LogP contribution in [0.15, 0.2) is 16.6 Å². The highest BCUT2D eigenvalue weighted by molar-refractivity contribution is 9.10. The number of carboxylic acids is 1. The molecular formula is C13H14BrNO5. The molecule has 0 unspecified atom stereocenters. The molecule has 6 nitrogen and oxygen atoms in total. The van der Waals surface area contributed by atoms with Gasteiger partial charge in [-0.2, -0.15) is 0 Å². The van der Waals surface area contributed by atoms with Crippen molar-refractivity contribution in [3.8, 4) is 0 Å². The zero-order valence-corrected chi connectivity index (χ0v) is 12.4. The van der Waals surface area contributed by atoms with Gasteiger partial charge >= 0.3 is 5.97 Å². The lowest BCUT2D eigenvalue weighted by atomic mass is 10.1. The molecule has 20 heavy (non-hydrogen) atoms. The van der Waals surface area contributed by atoms with Gasteiger partial charge in [0.1, 0.15) is 0 Å². The van der Waals surface area contributed by atoms with Gasteiger partial charge in [0.2, 0.25) is 0 Å². The van der Waals surface area contributed by atoms with Crippen LogP contribution in [-0.2, 0) is 14.3 Å². The minimum Gasteiger partial charge on any atom is -0.478 e. The minimum absolute atomic E-state index is 0.135. The maximum Gasteiger partial charge on any atom is 0.336 e. The van der Waals surface area contributed by atoms with Gasteiger partial charge in [0.25, 0.3) is 5.91 Å². The SMILES string of the molecule is Cc1c(NC(=O)[C@@H]2COCCO2)cc(Br)cc1C(=O)O. The molecule has 0 bridgehead atoms. The smallest absolute Gasteiger partial charge is 0.336 e. The molecule has 0 aromatic heterocycles. The number of benzene rings is 1. The molecule has 1 aromatic carbocycles. The van der Waals surface area contributed by atoms with Crippen LogP contribution in [0.3, 0.4) is 0 Å². The Bertz CT molecular complexity index is 540. The van der Waals surface area contributed by atoms with Crippen molar-refractivity contribution >= 4 is 33.5 Å². The standard InChI is InChI=1S/C13H14BrNO5/c1-7-9(13(17)18)4-8(14)5-10(7)15-12(16)11-6-19-2-3-20-11/h4-5,11H,2-3,6H2,1H3,(H,15,16)(H,17,18)/t11-/m0/s1. The van der Waals surface area contributed by atoms with Crippen LogP contribution in [0.2, 0.25) is 0 Å². The van der Waals surface area contributed by atoms with Crippen molar-refractivity contribution < 1.29 is 24.2 Å². The Labute approximate surface area is 124 Å².